The molecular formula is C27H26N2O3. The fraction of sp³-hybridized carbons (Fsp3) is 0.222. The zero-order chi connectivity index (χ0) is 22.7. The van der Waals surface area contributed by atoms with E-state index in [-0.39, 0.29) is 12.5 Å². The minimum absolute atomic E-state index is 0.260. The van der Waals surface area contributed by atoms with Gasteiger partial charge in [-0.05, 0) is 43.4 Å². The van der Waals surface area contributed by atoms with Crippen LogP contribution in [0.4, 0.5) is 5.69 Å². The quantitative estimate of drug-likeness (QED) is 0.384. The molecule has 3 aromatic carbocycles. The Morgan fingerprint density at radius 3 is 2.34 bits per heavy atom. The number of carbonyl (C=O) groups is 2. The molecule has 0 saturated carbocycles. The molecule has 4 rings (SSSR count). The lowest BCUT2D eigenvalue weighted by Gasteiger charge is -2.23. The molecule has 0 aliphatic heterocycles. The van der Waals surface area contributed by atoms with Crippen LogP contribution in [0, 0.1) is 6.92 Å². The summed E-state index contributed by atoms with van der Waals surface area (Å²) in [5.41, 5.74) is 3.69. The Morgan fingerprint density at radius 2 is 1.59 bits per heavy atom. The summed E-state index contributed by atoms with van der Waals surface area (Å²) in [6.07, 6.45) is 0.709. The molecule has 0 spiro atoms. The SMILES string of the molecule is CCc1nc2ccccc2c(C(=O)OCC(=O)N(CC)c2cccc3ccccc23)c1C. The first-order chi connectivity index (χ1) is 15.5. The summed E-state index contributed by atoms with van der Waals surface area (Å²) in [7, 11) is 0. The van der Waals surface area contributed by atoms with Gasteiger partial charge in [0.1, 0.15) is 0 Å². The minimum atomic E-state index is -0.502. The van der Waals surface area contributed by atoms with Crippen molar-refractivity contribution < 1.29 is 14.3 Å². The molecule has 4 aromatic rings. The van der Waals surface area contributed by atoms with Crippen LogP contribution >= 0.6 is 0 Å². The standard InChI is InChI=1S/C27H26N2O3/c1-4-22-18(3)26(21-14-8-9-15-23(21)28-22)27(31)32-17-25(30)29(5-2)24-16-10-12-19-11-6-7-13-20(19)24/h6-16H,4-5,17H2,1-3H3. The highest BCUT2D eigenvalue weighted by molar-refractivity contribution is 6.07. The molecule has 1 amide bonds. The largest absolute Gasteiger partial charge is 0.452 e. The van der Waals surface area contributed by atoms with Gasteiger partial charge >= 0.3 is 5.97 Å². The van der Waals surface area contributed by atoms with Crippen molar-refractivity contribution in [1.29, 1.82) is 0 Å². The van der Waals surface area contributed by atoms with Gasteiger partial charge in [0.15, 0.2) is 6.61 Å². The number of pyridine rings is 1. The molecule has 0 saturated heterocycles. The molecule has 5 nitrogen and oxygen atoms in total. The van der Waals surface area contributed by atoms with E-state index in [9.17, 15) is 9.59 Å². The van der Waals surface area contributed by atoms with E-state index >= 15 is 0 Å². The van der Waals surface area contributed by atoms with Crippen LogP contribution in [0.5, 0.6) is 0 Å². The van der Waals surface area contributed by atoms with Crippen LogP contribution in [0.1, 0.15) is 35.5 Å². The maximum atomic E-state index is 13.1. The summed E-state index contributed by atoms with van der Waals surface area (Å²) in [5.74, 6) is -0.762. The number of aromatic nitrogens is 1. The van der Waals surface area contributed by atoms with Crippen molar-refractivity contribution in [1.82, 2.24) is 4.98 Å². The van der Waals surface area contributed by atoms with E-state index in [1.807, 2.05) is 87.5 Å². The minimum Gasteiger partial charge on any atom is -0.452 e. The Morgan fingerprint density at radius 1 is 0.906 bits per heavy atom. The number of likely N-dealkylation sites (N-methyl/N-ethyl adjacent to an activating group) is 1. The van der Waals surface area contributed by atoms with Gasteiger partial charge in [0, 0.05) is 23.0 Å². The maximum absolute atomic E-state index is 13.1. The van der Waals surface area contributed by atoms with E-state index < -0.39 is 5.97 Å². The lowest BCUT2D eigenvalue weighted by molar-refractivity contribution is -0.121. The van der Waals surface area contributed by atoms with Crippen molar-refractivity contribution in [3.63, 3.8) is 0 Å². The smallest absolute Gasteiger partial charge is 0.339 e. The number of fused-ring (bicyclic) bond motifs is 2. The number of nitrogens with zero attached hydrogens (tertiary/aromatic N) is 2. The molecule has 0 fully saturated rings. The van der Waals surface area contributed by atoms with Crippen molar-refractivity contribution in [3.8, 4) is 0 Å². The second kappa shape index (κ2) is 9.18. The molecule has 0 N–H and O–H groups in total. The first kappa shape index (κ1) is 21.5. The number of esters is 1. The van der Waals surface area contributed by atoms with Crippen molar-refractivity contribution in [2.24, 2.45) is 0 Å². The van der Waals surface area contributed by atoms with Crippen molar-refractivity contribution >= 4 is 39.2 Å². The van der Waals surface area contributed by atoms with Gasteiger partial charge in [-0.1, -0.05) is 61.5 Å². The van der Waals surface area contributed by atoms with Gasteiger partial charge in [0.2, 0.25) is 0 Å². The number of para-hydroxylation sites is 1. The highest BCUT2D eigenvalue weighted by Gasteiger charge is 2.22. The predicted molar refractivity (Wildman–Crippen MR) is 128 cm³/mol. The lowest BCUT2D eigenvalue weighted by atomic mass is 10.0. The summed E-state index contributed by atoms with van der Waals surface area (Å²) < 4.78 is 5.54. The third kappa shape index (κ3) is 3.94. The molecule has 0 radical (unpaired) electrons. The Balaban J connectivity index is 1.60. The lowest BCUT2D eigenvalue weighted by Crippen LogP contribution is -2.34. The predicted octanol–water partition coefficient (Wildman–Crippen LogP) is 5.47. The van der Waals surface area contributed by atoms with E-state index in [2.05, 4.69) is 4.98 Å². The molecule has 0 bridgehead atoms. The molecule has 1 heterocycles. The van der Waals surface area contributed by atoms with E-state index in [0.29, 0.717) is 18.5 Å². The molecule has 0 unspecified atom stereocenters. The Hall–Kier alpha value is -3.73. The molecular weight excluding hydrogens is 400 g/mol. The van der Waals surface area contributed by atoms with Crippen LogP contribution in [-0.2, 0) is 16.0 Å². The van der Waals surface area contributed by atoms with E-state index in [0.717, 1.165) is 38.6 Å². The number of rotatable bonds is 6. The number of amides is 1. The van der Waals surface area contributed by atoms with Crippen LogP contribution in [0.25, 0.3) is 21.7 Å². The molecule has 5 heteroatoms. The molecule has 0 aliphatic carbocycles. The van der Waals surface area contributed by atoms with E-state index in [4.69, 9.17) is 4.74 Å². The summed E-state index contributed by atoms with van der Waals surface area (Å²) in [6, 6.07) is 21.3. The van der Waals surface area contributed by atoms with E-state index in [1.165, 1.54) is 0 Å². The van der Waals surface area contributed by atoms with Crippen LogP contribution in [0.3, 0.4) is 0 Å². The fourth-order valence-corrected chi connectivity index (χ4v) is 4.17. The van der Waals surface area contributed by atoms with Gasteiger partial charge in [-0.3, -0.25) is 9.78 Å². The number of ether oxygens (including phenoxy) is 1. The topological polar surface area (TPSA) is 59.5 Å². The van der Waals surface area contributed by atoms with Crippen LogP contribution in [0.2, 0.25) is 0 Å². The molecule has 0 aliphatic rings. The van der Waals surface area contributed by atoms with Gasteiger partial charge in [-0.2, -0.15) is 0 Å². The van der Waals surface area contributed by atoms with Gasteiger partial charge < -0.3 is 9.64 Å². The summed E-state index contributed by atoms with van der Waals surface area (Å²) >= 11 is 0. The summed E-state index contributed by atoms with van der Waals surface area (Å²) in [5, 5.41) is 2.78. The Labute approximate surface area is 187 Å². The number of hydrogen-bond acceptors (Lipinski definition) is 4. The maximum Gasteiger partial charge on any atom is 0.339 e. The van der Waals surface area contributed by atoms with Crippen LogP contribution in [0.15, 0.2) is 66.7 Å². The second-order valence-corrected chi connectivity index (χ2v) is 7.64. The number of benzene rings is 3. The van der Waals surface area contributed by atoms with Gasteiger partial charge in [0.05, 0.1) is 16.8 Å². The monoisotopic (exact) mass is 426 g/mol. The Bertz CT molecular complexity index is 1310. The first-order valence-corrected chi connectivity index (χ1v) is 10.9. The first-order valence-electron chi connectivity index (χ1n) is 10.9. The highest BCUT2D eigenvalue weighted by atomic mass is 16.5. The number of hydrogen-bond donors (Lipinski definition) is 0. The van der Waals surface area contributed by atoms with Gasteiger partial charge in [-0.25, -0.2) is 4.79 Å². The van der Waals surface area contributed by atoms with Crippen molar-refractivity contribution in [3.05, 3.63) is 83.6 Å². The fourth-order valence-electron chi connectivity index (χ4n) is 4.17. The zero-order valence-electron chi connectivity index (χ0n) is 18.6. The normalized spacial score (nSPS) is 11.0. The van der Waals surface area contributed by atoms with E-state index in [1.54, 1.807) is 4.90 Å². The zero-order valence-corrected chi connectivity index (χ0v) is 18.6. The van der Waals surface area contributed by atoms with Crippen molar-refractivity contribution in [2.75, 3.05) is 18.1 Å². The van der Waals surface area contributed by atoms with Gasteiger partial charge in [-0.15, -0.1) is 0 Å². The summed E-state index contributed by atoms with van der Waals surface area (Å²) in [4.78, 5) is 32.5. The average molecular weight is 427 g/mol. The second-order valence-electron chi connectivity index (χ2n) is 7.64. The number of carbonyl (C=O) groups excluding carboxylic acids is 2. The molecule has 162 valence electrons. The van der Waals surface area contributed by atoms with Crippen molar-refractivity contribution in [2.45, 2.75) is 27.2 Å². The highest BCUT2D eigenvalue weighted by Crippen LogP contribution is 2.27. The third-order valence-electron chi connectivity index (χ3n) is 5.78. The molecule has 1 aromatic heterocycles. The Kier molecular flexibility index (Phi) is 6.17. The third-order valence-corrected chi connectivity index (χ3v) is 5.78. The average Bonchev–Trinajstić information content (AvgIpc) is 2.82. The van der Waals surface area contributed by atoms with Crippen LogP contribution in [-0.4, -0.2) is 30.0 Å². The van der Waals surface area contributed by atoms with Crippen LogP contribution < -0.4 is 4.90 Å². The molecule has 32 heavy (non-hydrogen) atoms. The number of anilines is 1. The van der Waals surface area contributed by atoms with Gasteiger partial charge in [0.25, 0.3) is 5.91 Å². The molecule has 0 atom stereocenters. The number of aryl methyl sites for hydroxylation is 1. The summed E-state index contributed by atoms with van der Waals surface area (Å²) in [6.45, 7) is 5.95.